The second kappa shape index (κ2) is 7.28. The number of halogens is 2. The molecule has 1 amide bonds. The molecule has 0 bridgehead atoms. The van der Waals surface area contributed by atoms with Gasteiger partial charge in [0.1, 0.15) is 0 Å². The fourth-order valence-electron chi connectivity index (χ4n) is 2.14. The van der Waals surface area contributed by atoms with E-state index in [-0.39, 0.29) is 30.7 Å². The highest BCUT2D eigenvalue weighted by Crippen LogP contribution is 2.12. The monoisotopic (exact) mass is 255 g/mol. The molecule has 0 unspecified atom stereocenters. The van der Waals surface area contributed by atoms with Crippen molar-refractivity contribution in [1.29, 1.82) is 0 Å². The van der Waals surface area contributed by atoms with Crippen molar-refractivity contribution < 1.29 is 4.79 Å². The second-order valence-corrected chi connectivity index (χ2v) is 3.80. The van der Waals surface area contributed by atoms with Gasteiger partial charge in [-0.1, -0.05) is 0 Å². The van der Waals surface area contributed by atoms with Crippen molar-refractivity contribution in [1.82, 2.24) is 15.5 Å². The summed E-state index contributed by atoms with van der Waals surface area (Å²) in [4.78, 5) is 13.5. The first kappa shape index (κ1) is 15.0. The van der Waals surface area contributed by atoms with E-state index in [1.165, 1.54) is 12.8 Å². The van der Waals surface area contributed by atoms with Crippen molar-refractivity contribution >= 4 is 30.7 Å². The molecular weight excluding hydrogens is 237 g/mol. The van der Waals surface area contributed by atoms with Crippen LogP contribution in [0.1, 0.15) is 12.8 Å². The quantitative estimate of drug-likeness (QED) is 0.695. The van der Waals surface area contributed by atoms with Crippen LogP contribution in [0, 0.1) is 0 Å². The lowest BCUT2D eigenvalue weighted by atomic mass is 10.0. The Hall–Kier alpha value is -0.0300. The van der Waals surface area contributed by atoms with Crippen LogP contribution >= 0.6 is 24.8 Å². The molecule has 15 heavy (non-hydrogen) atoms. The third-order valence-corrected chi connectivity index (χ3v) is 2.89. The number of hydrogen-bond donors (Lipinski definition) is 2. The van der Waals surface area contributed by atoms with E-state index in [2.05, 4.69) is 15.5 Å². The molecule has 2 N–H and O–H groups in total. The molecule has 6 heteroatoms. The number of rotatable bonds is 1. The predicted molar refractivity (Wildman–Crippen MR) is 65.0 cm³/mol. The normalized spacial score (nSPS) is 23.6. The van der Waals surface area contributed by atoms with Crippen LogP contribution in [0.2, 0.25) is 0 Å². The smallest absolute Gasteiger partial charge is 0.234 e. The molecule has 0 aromatic carbocycles. The van der Waals surface area contributed by atoms with Crippen LogP contribution in [-0.4, -0.2) is 49.6 Å². The van der Waals surface area contributed by atoms with Crippen LogP contribution in [0.4, 0.5) is 0 Å². The Morgan fingerprint density at radius 2 is 1.80 bits per heavy atom. The molecule has 0 radical (unpaired) electrons. The molecule has 0 aliphatic carbocycles. The number of piperazine rings is 1. The summed E-state index contributed by atoms with van der Waals surface area (Å²) in [7, 11) is 0. The van der Waals surface area contributed by atoms with Crippen LogP contribution in [0.25, 0.3) is 0 Å². The van der Waals surface area contributed by atoms with Crippen LogP contribution in [0.15, 0.2) is 0 Å². The van der Waals surface area contributed by atoms with Crippen molar-refractivity contribution in [2.45, 2.75) is 18.9 Å². The average molecular weight is 256 g/mol. The highest BCUT2D eigenvalue weighted by Gasteiger charge is 2.24. The molecule has 4 nitrogen and oxygen atoms in total. The van der Waals surface area contributed by atoms with Crippen molar-refractivity contribution in [3.63, 3.8) is 0 Å². The third kappa shape index (κ3) is 4.15. The van der Waals surface area contributed by atoms with Gasteiger partial charge >= 0.3 is 0 Å². The predicted octanol–water partition coefficient (Wildman–Crippen LogP) is 0.0138. The first-order valence-corrected chi connectivity index (χ1v) is 5.08. The molecule has 0 saturated carbocycles. The molecule has 0 aromatic heterocycles. The SMILES string of the molecule is Cl.Cl.O=C1CN(C2CCNCC2)CCN1. The van der Waals surface area contributed by atoms with E-state index >= 15 is 0 Å². The summed E-state index contributed by atoms with van der Waals surface area (Å²) in [5, 5.41) is 6.19. The van der Waals surface area contributed by atoms with Gasteiger partial charge in [-0.2, -0.15) is 0 Å². The summed E-state index contributed by atoms with van der Waals surface area (Å²) >= 11 is 0. The Labute approximate surface area is 103 Å². The molecule has 2 aliphatic rings. The summed E-state index contributed by atoms with van der Waals surface area (Å²) in [5.74, 6) is 0.185. The number of nitrogens with one attached hydrogen (secondary N) is 2. The highest BCUT2D eigenvalue weighted by molar-refractivity contribution is 5.85. The molecule has 0 aromatic rings. The number of nitrogens with zero attached hydrogens (tertiary/aromatic N) is 1. The van der Waals surface area contributed by atoms with Crippen LogP contribution < -0.4 is 10.6 Å². The molecule has 2 saturated heterocycles. The van der Waals surface area contributed by atoms with Gasteiger partial charge in [0.05, 0.1) is 6.54 Å². The van der Waals surface area contributed by atoms with Gasteiger partial charge in [0.15, 0.2) is 0 Å². The zero-order chi connectivity index (χ0) is 9.10. The maximum Gasteiger partial charge on any atom is 0.234 e. The lowest BCUT2D eigenvalue weighted by Crippen LogP contribution is -2.53. The van der Waals surface area contributed by atoms with E-state index < -0.39 is 0 Å². The van der Waals surface area contributed by atoms with Gasteiger partial charge in [0.25, 0.3) is 0 Å². The van der Waals surface area contributed by atoms with Crippen molar-refractivity contribution in [3.05, 3.63) is 0 Å². The fourth-order valence-corrected chi connectivity index (χ4v) is 2.14. The number of carbonyl (C=O) groups is 1. The summed E-state index contributed by atoms with van der Waals surface area (Å²) in [6.45, 7) is 4.65. The molecule has 0 atom stereocenters. The van der Waals surface area contributed by atoms with Crippen LogP contribution in [-0.2, 0) is 4.79 Å². The minimum absolute atomic E-state index is 0. The van der Waals surface area contributed by atoms with Gasteiger partial charge in [0, 0.05) is 19.1 Å². The molecule has 2 heterocycles. The molecule has 0 spiro atoms. The van der Waals surface area contributed by atoms with Gasteiger partial charge in [-0.15, -0.1) is 24.8 Å². The van der Waals surface area contributed by atoms with Crippen molar-refractivity contribution in [2.24, 2.45) is 0 Å². The van der Waals surface area contributed by atoms with E-state index in [1.807, 2.05) is 0 Å². The zero-order valence-corrected chi connectivity index (χ0v) is 10.3. The van der Waals surface area contributed by atoms with Crippen LogP contribution in [0.3, 0.4) is 0 Å². The fraction of sp³-hybridized carbons (Fsp3) is 0.889. The summed E-state index contributed by atoms with van der Waals surface area (Å²) in [5.41, 5.74) is 0. The minimum Gasteiger partial charge on any atom is -0.354 e. The molecular formula is C9H19Cl2N3O. The Morgan fingerprint density at radius 3 is 2.40 bits per heavy atom. The molecule has 2 aliphatic heterocycles. The second-order valence-electron chi connectivity index (χ2n) is 3.80. The van der Waals surface area contributed by atoms with Crippen molar-refractivity contribution in [3.8, 4) is 0 Å². The van der Waals surface area contributed by atoms with E-state index in [0.717, 1.165) is 26.2 Å². The first-order chi connectivity index (χ1) is 6.36. The third-order valence-electron chi connectivity index (χ3n) is 2.89. The molecule has 2 rings (SSSR count). The van der Waals surface area contributed by atoms with E-state index in [0.29, 0.717) is 12.6 Å². The Bertz CT molecular complexity index is 198. The number of piperidine rings is 1. The lowest BCUT2D eigenvalue weighted by Gasteiger charge is -2.36. The largest absolute Gasteiger partial charge is 0.354 e. The van der Waals surface area contributed by atoms with Crippen LogP contribution in [0.5, 0.6) is 0 Å². The molecule has 90 valence electrons. The maximum absolute atomic E-state index is 11.1. The van der Waals surface area contributed by atoms with Gasteiger partial charge in [-0.3, -0.25) is 9.69 Å². The van der Waals surface area contributed by atoms with E-state index in [9.17, 15) is 4.79 Å². The minimum atomic E-state index is 0. The van der Waals surface area contributed by atoms with Gasteiger partial charge in [0.2, 0.25) is 5.91 Å². The van der Waals surface area contributed by atoms with Crippen molar-refractivity contribution in [2.75, 3.05) is 32.7 Å². The standard InChI is InChI=1S/C9H17N3O.2ClH/c13-9-7-12(6-5-11-9)8-1-3-10-4-2-8;;/h8,10H,1-7H2,(H,11,13);2*1H. The Kier molecular flexibility index (Phi) is 7.26. The topological polar surface area (TPSA) is 44.4 Å². The average Bonchev–Trinajstić information content (AvgIpc) is 2.19. The number of hydrogen-bond acceptors (Lipinski definition) is 3. The highest BCUT2D eigenvalue weighted by atomic mass is 35.5. The lowest BCUT2D eigenvalue weighted by molar-refractivity contribution is -0.125. The van der Waals surface area contributed by atoms with Gasteiger partial charge < -0.3 is 10.6 Å². The zero-order valence-electron chi connectivity index (χ0n) is 8.70. The number of amides is 1. The summed E-state index contributed by atoms with van der Waals surface area (Å²) in [6.07, 6.45) is 2.38. The summed E-state index contributed by atoms with van der Waals surface area (Å²) in [6, 6.07) is 0.632. The number of carbonyl (C=O) groups excluding carboxylic acids is 1. The Morgan fingerprint density at radius 1 is 1.13 bits per heavy atom. The van der Waals surface area contributed by atoms with Gasteiger partial charge in [-0.25, -0.2) is 0 Å². The first-order valence-electron chi connectivity index (χ1n) is 5.08. The van der Waals surface area contributed by atoms with Gasteiger partial charge in [-0.05, 0) is 25.9 Å². The summed E-state index contributed by atoms with van der Waals surface area (Å²) < 4.78 is 0. The van der Waals surface area contributed by atoms with E-state index in [4.69, 9.17) is 0 Å². The molecule has 2 fully saturated rings. The Balaban J connectivity index is 0.000000980. The van der Waals surface area contributed by atoms with E-state index in [1.54, 1.807) is 0 Å². The maximum atomic E-state index is 11.1.